The second-order valence-electron chi connectivity index (χ2n) is 8.65. The molecule has 0 bridgehead atoms. The van der Waals surface area contributed by atoms with Gasteiger partial charge < -0.3 is 10.4 Å². The van der Waals surface area contributed by atoms with Gasteiger partial charge in [-0.1, -0.05) is 36.4 Å². The van der Waals surface area contributed by atoms with E-state index in [0.717, 1.165) is 28.8 Å². The Labute approximate surface area is 207 Å². The van der Waals surface area contributed by atoms with Crippen LogP contribution in [0.5, 0.6) is 5.75 Å². The first-order valence-corrected chi connectivity index (χ1v) is 11.4. The summed E-state index contributed by atoms with van der Waals surface area (Å²) < 4.78 is 38.5. The predicted molar refractivity (Wildman–Crippen MR) is 129 cm³/mol. The van der Waals surface area contributed by atoms with Crippen molar-refractivity contribution in [1.82, 2.24) is 10.2 Å². The number of alkyl halides is 3. The molecule has 5 nitrogen and oxygen atoms in total. The van der Waals surface area contributed by atoms with Gasteiger partial charge >= 0.3 is 6.18 Å². The smallest absolute Gasteiger partial charge is 0.416 e. The minimum atomic E-state index is -4.41. The van der Waals surface area contributed by atoms with Crippen molar-refractivity contribution in [2.75, 3.05) is 13.1 Å². The highest BCUT2D eigenvalue weighted by molar-refractivity contribution is 6.02. The Morgan fingerprint density at radius 2 is 1.61 bits per heavy atom. The predicted octanol–water partition coefficient (Wildman–Crippen LogP) is 5.26. The van der Waals surface area contributed by atoms with Crippen molar-refractivity contribution in [2.45, 2.75) is 25.7 Å². The molecule has 0 spiro atoms. The van der Waals surface area contributed by atoms with E-state index in [-0.39, 0.29) is 18.2 Å². The summed E-state index contributed by atoms with van der Waals surface area (Å²) in [7, 11) is 0. The van der Waals surface area contributed by atoms with Crippen LogP contribution in [0, 0.1) is 11.3 Å². The molecule has 1 amide bonds. The van der Waals surface area contributed by atoms with Crippen LogP contribution in [0.1, 0.15) is 34.2 Å². The van der Waals surface area contributed by atoms with Crippen molar-refractivity contribution in [3.05, 3.63) is 106 Å². The fourth-order valence-corrected chi connectivity index (χ4v) is 4.19. The maximum atomic E-state index is 13.3. The van der Waals surface area contributed by atoms with Gasteiger partial charge in [-0.3, -0.25) is 9.69 Å². The fraction of sp³-hybridized carbons (Fsp3) is 0.214. The monoisotopic (exact) mass is 491 g/mol. The molecule has 3 aromatic carbocycles. The summed E-state index contributed by atoms with van der Waals surface area (Å²) in [5.41, 5.74) is 3.71. The fourth-order valence-electron chi connectivity index (χ4n) is 4.19. The first-order chi connectivity index (χ1) is 17.2. The number of halogens is 3. The van der Waals surface area contributed by atoms with Crippen LogP contribution >= 0.6 is 0 Å². The molecule has 2 N–H and O–H groups in total. The van der Waals surface area contributed by atoms with Crippen LogP contribution < -0.4 is 5.32 Å². The molecule has 8 heteroatoms. The summed E-state index contributed by atoms with van der Waals surface area (Å²) in [6, 6.07) is 20.8. The van der Waals surface area contributed by atoms with Crippen LogP contribution in [0.2, 0.25) is 0 Å². The van der Waals surface area contributed by atoms with Gasteiger partial charge in [-0.25, -0.2) is 0 Å². The quantitative estimate of drug-likeness (QED) is 0.493. The summed E-state index contributed by atoms with van der Waals surface area (Å²) >= 11 is 0. The number of amides is 1. The van der Waals surface area contributed by atoms with Crippen LogP contribution in [-0.2, 0) is 24.1 Å². The Kier molecular flexibility index (Phi) is 7.41. The van der Waals surface area contributed by atoms with Gasteiger partial charge in [-0.2, -0.15) is 18.4 Å². The normalized spacial score (nSPS) is 14.4. The van der Waals surface area contributed by atoms with Gasteiger partial charge in [-0.05, 0) is 65.1 Å². The number of benzene rings is 3. The van der Waals surface area contributed by atoms with Crippen LogP contribution in [-0.4, -0.2) is 29.0 Å². The first-order valence-electron chi connectivity index (χ1n) is 11.4. The highest BCUT2D eigenvalue weighted by Gasteiger charge is 2.30. The van der Waals surface area contributed by atoms with E-state index in [2.05, 4.69) is 16.3 Å². The second-order valence-corrected chi connectivity index (χ2v) is 8.65. The Bertz CT molecular complexity index is 1290. The average Bonchev–Trinajstić information content (AvgIpc) is 2.88. The summed E-state index contributed by atoms with van der Waals surface area (Å²) in [5, 5.41) is 21.5. The molecule has 0 aromatic heterocycles. The molecule has 0 fully saturated rings. The summed E-state index contributed by atoms with van der Waals surface area (Å²) in [5.74, 6) is -0.159. The third-order valence-corrected chi connectivity index (χ3v) is 6.14. The number of aromatic hydroxyl groups is 1. The van der Waals surface area contributed by atoms with Gasteiger partial charge in [0.1, 0.15) is 5.75 Å². The Morgan fingerprint density at radius 1 is 0.972 bits per heavy atom. The molecule has 0 atom stereocenters. The van der Waals surface area contributed by atoms with Crippen molar-refractivity contribution in [3.63, 3.8) is 0 Å². The number of hydrogen-bond donors (Lipinski definition) is 2. The molecule has 1 aliphatic heterocycles. The van der Waals surface area contributed by atoms with E-state index < -0.39 is 11.7 Å². The van der Waals surface area contributed by atoms with Crippen LogP contribution in [0.15, 0.2) is 78.4 Å². The molecule has 0 radical (unpaired) electrons. The number of carbonyl (C=O) groups excluding carboxylic acids is 1. The maximum absolute atomic E-state index is 13.3. The van der Waals surface area contributed by atoms with Gasteiger partial charge in [0.15, 0.2) is 0 Å². The number of carbonyl (C=O) groups is 1. The highest BCUT2D eigenvalue weighted by Crippen LogP contribution is 2.31. The minimum absolute atomic E-state index is 0.0962. The van der Waals surface area contributed by atoms with E-state index in [0.29, 0.717) is 42.8 Å². The molecule has 1 heterocycles. The largest absolute Gasteiger partial charge is 0.508 e. The lowest BCUT2D eigenvalue weighted by Crippen LogP contribution is -2.37. The van der Waals surface area contributed by atoms with Crippen molar-refractivity contribution in [2.24, 2.45) is 0 Å². The van der Waals surface area contributed by atoms with Crippen LogP contribution in [0.3, 0.4) is 0 Å². The van der Waals surface area contributed by atoms with E-state index in [4.69, 9.17) is 5.26 Å². The van der Waals surface area contributed by atoms with Gasteiger partial charge in [0.05, 0.1) is 17.2 Å². The van der Waals surface area contributed by atoms with E-state index in [1.165, 1.54) is 12.1 Å². The topological polar surface area (TPSA) is 76.4 Å². The van der Waals surface area contributed by atoms with Gasteiger partial charge in [0.2, 0.25) is 5.91 Å². The molecule has 3 aromatic rings. The standard InChI is InChI=1S/C28H24F3N3O2/c29-28(30,31)23-9-5-20(6-10-23)16-33-27(36)26-18-34(17-21-3-1-19(15-32)2-4-21)14-13-25(26)22-7-11-24(35)12-8-22/h1-12,35H,13-14,16-18H2,(H,33,36). The number of nitrogens with one attached hydrogen (secondary N) is 1. The molecule has 4 rings (SSSR count). The van der Waals surface area contributed by atoms with Gasteiger partial charge in [0, 0.05) is 31.8 Å². The highest BCUT2D eigenvalue weighted by atomic mass is 19.4. The first kappa shape index (κ1) is 25.0. The molecule has 0 aliphatic carbocycles. The van der Waals surface area contributed by atoms with Crippen LogP contribution in [0.25, 0.3) is 5.57 Å². The number of hydrogen-bond acceptors (Lipinski definition) is 4. The summed E-state index contributed by atoms with van der Waals surface area (Å²) in [6.07, 6.45) is -3.80. The molecular weight excluding hydrogens is 467 g/mol. The number of phenols is 1. The van der Waals surface area contributed by atoms with E-state index in [1.807, 2.05) is 12.1 Å². The Morgan fingerprint density at radius 3 is 2.22 bits per heavy atom. The van der Waals surface area contributed by atoms with Crippen LogP contribution in [0.4, 0.5) is 13.2 Å². The number of rotatable bonds is 6. The zero-order chi connectivity index (χ0) is 25.7. The lowest BCUT2D eigenvalue weighted by Gasteiger charge is -2.31. The zero-order valence-corrected chi connectivity index (χ0v) is 19.3. The number of nitriles is 1. The van der Waals surface area contributed by atoms with Crippen molar-refractivity contribution < 1.29 is 23.1 Å². The SMILES string of the molecule is N#Cc1ccc(CN2CCC(c3ccc(O)cc3)=C(C(=O)NCc3ccc(C(F)(F)F)cc3)C2)cc1. The summed E-state index contributed by atoms with van der Waals surface area (Å²) in [6.45, 7) is 1.80. The Hall–Kier alpha value is -4.09. The number of phenolic OH excluding ortho intramolecular Hbond substituents is 1. The molecular formula is C28H24F3N3O2. The molecule has 184 valence electrons. The maximum Gasteiger partial charge on any atom is 0.416 e. The van der Waals surface area contributed by atoms with E-state index in [1.54, 1.807) is 36.4 Å². The molecule has 1 aliphatic rings. The minimum Gasteiger partial charge on any atom is -0.508 e. The Balaban J connectivity index is 1.52. The van der Waals surface area contributed by atoms with Gasteiger partial charge in [0.25, 0.3) is 0 Å². The van der Waals surface area contributed by atoms with E-state index in [9.17, 15) is 23.1 Å². The third-order valence-electron chi connectivity index (χ3n) is 6.14. The lowest BCUT2D eigenvalue weighted by molar-refractivity contribution is -0.137. The average molecular weight is 492 g/mol. The molecule has 0 saturated carbocycles. The molecule has 36 heavy (non-hydrogen) atoms. The van der Waals surface area contributed by atoms with Gasteiger partial charge in [-0.15, -0.1) is 0 Å². The lowest BCUT2D eigenvalue weighted by atomic mass is 9.92. The van der Waals surface area contributed by atoms with Crippen molar-refractivity contribution in [3.8, 4) is 11.8 Å². The number of nitrogens with zero attached hydrogens (tertiary/aromatic N) is 2. The summed E-state index contributed by atoms with van der Waals surface area (Å²) in [4.78, 5) is 15.4. The zero-order valence-electron chi connectivity index (χ0n) is 19.3. The second kappa shape index (κ2) is 10.7. The third kappa shape index (κ3) is 6.12. The van der Waals surface area contributed by atoms with Crippen molar-refractivity contribution >= 4 is 11.5 Å². The van der Waals surface area contributed by atoms with E-state index >= 15 is 0 Å². The molecule has 0 saturated heterocycles. The van der Waals surface area contributed by atoms with Crippen molar-refractivity contribution in [1.29, 1.82) is 5.26 Å². The molecule has 0 unspecified atom stereocenters.